The van der Waals surface area contributed by atoms with E-state index in [0.29, 0.717) is 0 Å². The van der Waals surface area contributed by atoms with E-state index in [2.05, 4.69) is 24.4 Å². The van der Waals surface area contributed by atoms with Crippen LogP contribution in [0.1, 0.15) is 5.56 Å². The fourth-order valence-corrected chi connectivity index (χ4v) is 1.24. The van der Waals surface area contributed by atoms with Gasteiger partial charge in [-0.05, 0) is 0 Å². The van der Waals surface area contributed by atoms with Gasteiger partial charge >= 0.3 is 6.18 Å². The van der Waals surface area contributed by atoms with Crippen LogP contribution in [0, 0.1) is 5.95 Å². The zero-order valence-electron chi connectivity index (χ0n) is 8.82. The molecule has 2 aromatic rings. The Bertz CT molecular complexity index is 554. The molecule has 2 heterocycles. The molecule has 0 aliphatic heterocycles. The summed E-state index contributed by atoms with van der Waals surface area (Å²) in [5.41, 5.74) is -1.66. The fraction of sp³-hybridized carbons (Fsp3) is 0.222. The lowest BCUT2D eigenvalue weighted by Crippen LogP contribution is -2.14. The zero-order chi connectivity index (χ0) is 13.3. The Morgan fingerprint density at radius 3 is 2.50 bits per heavy atom. The highest BCUT2D eigenvalue weighted by Crippen LogP contribution is 2.37. The van der Waals surface area contributed by atoms with Crippen LogP contribution in [0.3, 0.4) is 0 Å². The minimum atomic E-state index is -4.95. The van der Waals surface area contributed by atoms with Crippen LogP contribution >= 0.6 is 0 Å². The van der Waals surface area contributed by atoms with Crippen LogP contribution in [-0.2, 0) is 6.18 Å². The quantitative estimate of drug-likeness (QED) is 0.614. The summed E-state index contributed by atoms with van der Waals surface area (Å²) in [5, 5.41) is 3.31. The second-order valence-electron chi connectivity index (χ2n) is 3.10. The zero-order valence-corrected chi connectivity index (χ0v) is 8.82. The molecule has 0 radical (unpaired) electrons. The number of alkyl halides is 3. The Hall–Kier alpha value is -2.19. The summed E-state index contributed by atoms with van der Waals surface area (Å²) in [7, 11) is 0.946. The number of rotatable bonds is 2. The largest absolute Gasteiger partial charge is 0.480 e. The Morgan fingerprint density at radius 2 is 2.00 bits per heavy atom. The van der Waals surface area contributed by atoms with Gasteiger partial charge in [-0.15, -0.1) is 0 Å². The van der Waals surface area contributed by atoms with E-state index in [1.54, 1.807) is 0 Å². The van der Waals surface area contributed by atoms with Gasteiger partial charge in [-0.25, -0.2) is 0 Å². The predicted molar refractivity (Wildman–Crippen MR) is 49.0 cm³/mol. The molecule has 0 unspecified atom stereocenters. The number of halogens is 4. The summed E-state index contributed by atoms with van der Waals surface area (Å²) < 4.78 is 60.0. The molecule has 0 fully saturated rings. The Balaban J connectivity index is 2.61. The standard InChI is InChI=1S/C9H5F4N3O2/c1-17-8-5(9(11,12)13)6(10)15-7(16-8)4-2-3-14-18-4/h2-3H,1H3. The second kappa shape index (κ2) is 4.24. The van der Waals surface area contributed by atoms with Crippen molar-refractivity contribution in [1.29, 1.82) is 0 Å². The summed E-state index contributed by atoms with van der Waals surface area (Å²) in [6.07, 6.45) is -3.73. The average molecular weight is 263 g/mol. The molecule has 0 amide bonds. The molecule has 0 saturated heterocycles. The van der Waals surface area contributed by atoms with Crippen LogP contribution in [0.4, 0.5) is 17.6 Å². The maximum absolute atomic E-state index is 13.4. The van der Waals surface area contributed by atoms with Gasteiger partial charge in [-0.2, -0.15) is 27.5 Å². The highest BCUT2D eigenvalue weighted by Gasteiger charge is 2.40. The summed E-state index contributed by atoms with van der Waals surface area (Å²) in [4.78, 5) is 6.51. The van der Waals surface area contributed by atoms with Crippen LogP contribution in [0.2, 0.25) is 0 Å². The van der Waals surface area contributed by atoms with E-state index < -0.39 is 23.6 Å². The van der Waals surface area contributed by atoms with Gasteiger partial charge in [0.2, 0.25) is 23.4 Å². The Morgan fingerprint density at radius 1 is 1.28 bits per heavy atom. The first-order valence-electron chi connectivity index (χ1n) is 4.53. The van der Waals surface area contributed by atoms with Crippen molar-refractivity contribution in [3.8, 4) is 17.5 Å². The lowest BCUT2D eigenvalue weighted by atomic mass is 10.3. The van der Waals surface area contributed by atoms with E-state index >= 15 is 0 Å². The molecular weight excluding hydrogens is 258 g/mol. The van der Waals surface area contributed by atoms with Gasteiger partial charge in [-0.3, -0.25) is 0 Å². The third-order valence-corrected chi connectivity index (χ3v) is 1.97. The van der Waals surface area contributed by atoms with Gasteiger partial charge in [0.1, 0.15) is 0 Å². The van der Waals surface area contributed by atoms with Crippen LogP contribution in [-0.4, -0.2) is 22.2 Å². The van der Waals surface area contributed by atoms with Gasteiger partial charge in [0.05, 0.1) is 13.3 Å². The Kier molecular flexibility index (Phi) is 2.89. The first kappa shape index (κ1) is 12.3. The molecule has 0 aliphatic rings. The van der Waals surface area contributed by atoms with Crippen molar-refractivity contribution in [2.75, 3.05) is 7.11 Å². The number of hydrogen-bond donors (Lipinski definition) is 0. The van der Waals surface area contributed by atoms with Gasteiger partial charge in [0.25, 0.3) is 0 Å². The first-order chi connectivity index (χ1) is 8.43. The molecule has 5 nitrogen and oxygen atoms in total. The molecule has 96 valence electrons. The molecule has 0 saturated carbocycles. The van der Waals surface area contributed by atoms with Crippen molar-refractivity contribution in [1.82, 2.24) is 15.1 Å². The molecule has 0 N–H and O–H groups in total. The summed E-state index contributed by atoms with van der Waals surface area (Å²) in [6.45, 7) is 0. The van der Waals surface area contributed by atoms with Crippen LogP contribution in [0.25, 0.3) is 11.6 Å². The number of aromatic nitrogens is 3. The third-order valence-electron chi connectivity index (χ3n) is 1.97. The van der Waals surface area contributed by atoms with Crippen molar-refractivity contribution in [3.63, 3.8) is 0 Å². The minimum absolute atomic E-state index is 0.0686. The smallest absolute Gasteiger partial charge is 0.426 e. The molecule has 0 atom stereocenters. The van der Waals surface area contributed by atoms with Crippen LogP contribution < -0.4 is 4.74 Å². The van der Waals surface area contributed by atoms with Crippen molar-refractivity contribution in [2.24, 2.45) is 0 Å². The van der Waals surface area contributed by atoms with E-state index in [0.717, 1.165) is 7.11 Å². The topological polar surface area (TPSA) is 61.0 Å². The molecular formula is C9H5F4N3O2. The molecule has 2 rings (SSSR count). The molecule has 0 aliphatic carbocycles. The third kappa shape index (κ3) is 2.11. The predicted octanol–water partition coefficient (Wildman–Crippen LogP) is 2.30. The normalized spacial score (nSPS) is 11.6. The van der Waals surface area contributed by atoms with Gasteiger partial charge in [0, 0.05) is 6.07 Å². The summed E-state index contributed by atoms with van der Waals surface area (Å²) >= 11 is 0. The lowest BCUT2D eigenvalue weighted by Gasteiger charge is -2.11. The van der Waals surface area contributed by atoms with E-state index in [4.69, 9.17) is 0 Å². The highest BCUT2D eigenvalue weighted by molar-refractivity contribution is 5.47. The lowest BCUT2D eigenvalue weighted by molar-refractivity contribution is -0.142. The van der Waals surface area contributed by atoms with Gasteiger partial charge < -0.3 is 9.26 Å². The van der Waals surface area contributed by atoms with Crippen molar-refractivity contribution in [2.45, 2.75) is 6.18 Å². The highest BCUT2D eigenvalue weighted by atomic mass is 19.4. The number of ether oxygens (including phenoxy) is 1. The first-order valence-corrected chi connectivity index (χ1v) is 4.53. The summed E-state index contributed by atoms with van der Waals surface area (Å²) in [5.74, 6) is -3.10. The van der Waals surface area contributed by atoms with E-state index in [9.17, 15) is 17.6 Å². The van der Waals surface area contributed by atoms with E-state index in [1.807, 2.05) is 0 Å². The average Bonchev–Trinajstić information content (AvgIpc) is 2.79. The van der Waals surface area contributed by atoms with Gasteiger partial charge in [-0.1, -0.05) is 5.16 Å². The van der Waals surface area contributed by atoms with Crippen LogP contribution in [0.15, 0.2) is 16.8 Å². The molecule has 2 aromatic heterocycles. The van der Waals surface area contributed by atoms with E-state index in [1.165, 1.54) is 12.3 Å². The van der Waals surface area contributed by atoms with Gasteiger partial charge in [0.15, 0.2) is 5.56 Å². The summed E-state index contributed by atoms with van der Waals surface area (Å²) in [6, 6.07) is 1.28. The molecule has 18 heavy (non-hydrogen) atoms. The maximum atomic E-state index is 13.4. The van der Waals surface area contributed by atoms with E-state index in [-0.39, 0.29) is 11.6 Å². The number of nitrogens with zero attached hydrogens (tertiary/aromatic N) is 3. The molecule has 0 aromatic carbocycles. The number of hydrogen-bond acceptors (Lipinski definition) is 5. The minimum Gasteiger partial charge on any atom is -0.480 e. The number of methoxy groups -OCH3 is 1. The SMILES string of the molecule is COc1nc(-c2ccno2)nc(F)c1C(F)(F)F. The van der Waals surface area contributed by atoms with Crippen molar-refractivity contribution in [3.05, 3.63) is 23.8 Å². The maximum Gasteiger partial charge on any atom is 0.426 e. The van der Waals surface area contributed by atoms with Crippen LogP contribution in [0.5, 0.6) is 5.88 Å². The second-order valence-corrected chi connectivity index (χ2v) is 3.10. The fourth-order valence-electron chi connectivity index (χ4n) is 1.24. The monoisotopic (exact) mass is 263 g/mol. The molecule has 0 bridgehead atoms. The Labute approximate surface area is 97.4 Å². The van der Waals surface area contributed by atoms with Crippen molar-refractivity contribution < 1.29 is 26.8 Å². The molecule has 9 heteroatoms. The molecule has 0 spiro atoms. The van der Waals surface area contributed by atoms with Crippen molar-refractivity contribution >= 4 is 0 Å².